The van der Waals surface area contributed by atoms with Crippen molar-refractivity contribution in [1.29, 1.82) is 5.41 Å². The fourth-order valence-corrected chi connectivity index (χ4v) is 5.72. The van der Waals surface area contributed by atoms with Gasteiger partial charge in [0.1, 0.15) is 18.9 Å². The number of primary amides is 1. The SMILES string of the molecule is N=C(N)c1ccc(C[N+]2(C(=O)CNC3CCCCC3)CC[C@@H]3C[C@@]32C(N)=O)cc1. The molecule has 156 valence electrons. The van der Waals surface area contributed by atoms with Gasteiger partial charge in [0.05, 0.1) is 6.54 Å². The van der Waals surface area contributed by atoms with Crippen molar-refractivity contribution in [3.05, 3.63) is 35.4 Å². The molecule has 0 spiro atoms. The zero-order valence-electron chi connectivity index (χ0n) is 17.0. The summed E-state index contributed by atoms with van der Waals surface area (Å²) in [6, 6.07) is 7.81. The maximum absolute atomic E-state index is 13.6. The van der Waals surface area contributed by atoms with Crippen LogP contribution in [0.4, 0.5) is 0 Å². The molecule has 0 aromatic heterocycles. The first-order valence-electron chi connectivity index (χ1n) is 10.8. The topological polar surface area (TPSA) is 122 Å². The van der Waals surface area contributed by atoms with E-state index in [-0.39, 0.29) is 34.6 Å². The van der Waals surface area contributed by atoms with Crippen LogP contribution in [-0.4, -0.2) is 46.8 Å². The lowest BCUT2D eigenvalue weighted by molar-refractivity contribution is -0.884. The number of quaternary nitrogens is 1. The van der Waals surface area contributed by atoms with Gasteiger partial charge < -0.3 is 16.8 Å². The molecule has 3 aliphatic rings. The van der Waals surface area contributed by atoms with Gasteiger partial charge in [-0.25, -0.2) is 9.28 Å². The third-order valence-electron chi connectivity index (χ3n) is 7.46. The largest absolute Gasteiger partial charge is 0.384 e. The summed E-state index contributed by atoms with van der Waals surface area (Å²) in [5, 5.41) is 11.0. The van der Waals surface area contributed by atoms with Crippen molar-refractivity contribution in [1.82, 2.24) is 5.32 Å². The Morgan fingerprint density at radius 1 is 1.10 bits per heavy atom. The minimum absolute atomic E-state index is 0.0187. The number of amides is 2. The van der Waals surface area contributed by atoms with Crippen LogP contribution in [0.2, 0.25) is 0 Å². The number of piperidine rings is 1. The van der Waals surface area contributed by atoms with E-state index in [1.54, 1.807) is 12.1 Å². The van der Waals surface area contributed by atoms with Crippen LogP contribution in [0.5, 0.6) is 0 Å². The summed E-state index contributed by atoms with van der Waals surface area (Å²) < 4.78 is 0.131. The number of fused-ring (bicyclic) bond motifs is 1. The summed E-state index contributed by atoms with van der Waals surface area (Å²) in [6.07, 6.45) is 7.50. The molecule has 3 atom stereocenters. The van der Waals surface area contributed by atoms with Crippen molar-refractivity contribution in [2.24, 2.45) is 17.4 Å². The lowest BCUT2D eigenvalue weighted by Gasteiger charge is -2.39. The van der Waals surface area contributed by atoms with Crippen molar-refractivity contribution in [3.8, 4) is 0 Å². The third kappa shape index (κ3) is 3.36. The highest BCUT2D eigenvalue weighted by Crippen LogP contribution is 2.60. The summed E-state index contributed by atoms with van der Waals surface area (Å²) in [5.41, 5.74) is 12.3. The summed E-state index contributed by atoms with van der Waals surface area (Å²) in [7, 11) is 0. The molecule has 1 aromatic carbocycles. The fourth-order valence-electron chi connectivity index (χ4n) is 5.72. The maximum Gasteiger partial charge on any atom is 0.328 e. The number of rotatable bonds is 7. The second-order valence-electron chi connectivity index (χ2n) is 9.05. The maximum atomic E-state index is 13.6. The van der Waals surface area contributed by atoms with Crippen LogP contribution < -0.4 is 16.8 Å². The molecule has 1 saturated heterocycles. The lowest BCUT2D eigenvalue weighted by Crippen LogP contribution is -2.65. The summed E-state index contributed by atoms with van der Waals surface area (Å²) in [4.78, 5) is 26.1. The predicted octanol–water partition coefficient (Wildman–Crippen LogP) is 1.38. The molecule has 4 rings (SSSR count). The Hall–Kier alpha value is -2.25. The summed E-state index contributed by atoms with van der Waals surface area (Å²) >= 11 is 0. The predicted molar refractivity (Wildman–Crippen MR) is 111 cm³/mol. The molecule has 1 aliphatic heterocycles. The molecule has 29 heavy (non-hydrogen) atoms. The van der Waals surface area contributed by atoms with E-state index in [0.717, 1.165) is 24.8 Å². The fraction of sp³-hybridized carbons (Fsp3) is 0.591. The van der Waals surface area contributed by atoms with Gasteiger partial charge in [-0.05, 0) is 12.8 Å². The van der Waals surface area contributed by atoms with Gasteiger partial charge in [-0.15, -0.1) is 0 Å². The highest BCUT2D eigenvalue weighted by atomic mass is 16.2. The Labute approximate surface area is 171 Å². The highest BCUT2D eigenvalue weighted by molar-refractivity contribution is 5.95. The Bertz CT molecular complexity index is 817. The van der Waals surface area contributed by atoms with Gasteiger partial charge in [0.15, 0.2) is 5.54 Å². The zero-order chi connectivity index (χ0) is 20.6. The van der Waals surface area contributed by atoms with E-state index in [9.17, 15) is 9.59 Å². The van der Waals surface area contributed by atoms with Gasteiger partial charge in [-0.3, -0.25) is 10.2 Å². The molecule has 7 heteroatoms. The van der Waals surface area contributed by atoms with Gasteiger partial charge in [0.2, 0.25) is 0 Å². The molecule has 0 bridgehead atoms. The smallest absolute Gasteiger partial charge is 0.328 e. The molecule has 2 amide bonds. The third-order valence-corrected chi connectivity index (χ3v) is 7.46. The van der Waals surface area contributed by atoms with E-state index in [0.29, 0.717) is 31.1 Å². The lowest BCUT2D eigenvalue weighted by atomic mass is 9.95. The van der Waals surface area contributed by atoms with Crippen molar-refractivity contribution >= 4 is 17.6 Å². The number of hydrogen-bond acceptors (Lipinski definition) is 4. The minimum atomic E-state index is -0.745. The number of nitrogens with zero attached hydrogens (tertiary/aromatic N) is 1. The minimum Gasteiger partial charge on any atom is -0.384 e. The van der Waals surface area contributed by atoms with Crippen molar-refractivity contribution < 1.29 is 14.1 Å². The molecule has 6 N–H and O–H groups in total. The van der Waals surface area contributed by atoms with Crippen molar-refractivity contribution in [2.45, 2.75) is 63.1 Å². The van der Waals surface area contributed by atoms with Crippen molar-refractivity contribution in [2.75, 3.05) is 13.1 Å². The Kier molecular flexibility index (Phi) is 5.21. The Morgan fingerprint density at radius 3 is 2.38 bits per heavy atom. The monoisotopic (exact) mass is 398 g/mol. The van der Waals surface area contributed by atoms with Gasteiger partial charge >= 0.3 is 5.91 Å². The molecule has 1 unspecified atom stereocenters. The number of nitrogens with two attached hydrogens (primary N) is 2. The molecule has 0 radical (unpaired) electrons. The van der Waals surface area contributed by atoms with Crippen LogP contribution in [0.15, 0.2) is 24.3 Å². The second kappa shape index (κ2) is 7.54. The average Bonchev–Trinajstić information content (AvgIpc) is 3.39. The first-order valence-corrected chi connectivity index (χ1v) is 10.8. The van der Waals surface area contributed by atoms with Crippen LogP contribution in [0.1, 0.15) is 56.1 Å². The first kappa shape index (κ1) is 20.0. The summed E-state index contributed by atoms with van der Waals surface area (Å²) in [6.45, 7) is 1.41. The number of carbonyl (C=O) groups is 2. The van der Waals surface area contributed by atoms with E-state index < -0.39 is 5.54 Å². The number of amidine groups is 1. The molecule has 1 aromatic rings. The van der Waals surface area contributed by atoms with Crippen LogP contribution in [0.25, 0.3) is 0 Å². The zero-order valence-corrected chi connectivity index (χ0v) is 17.0. The standard InChI is InChI=1S/C22H31N5O2/c23-20(24)16-8-6-15(7-9-16)14-27(11-10-17-12-22(17,27)21(25)29)19(28)13-26-18-4-2-1-3-5-18/h6-9,17-18,26H,1-5,10-14H2,(H4-,23,24,25,29)/p+1/t17-,22+,27?/m1/s1. The van der Waals surface area contributed by atoms with Gasteiger partial charge in [0.25, 0.3) is 5.91 Å². The number of carbonyl (C=O) groups excluding carboxylic acids is 2. The van der Waals surface area contributed by atoms with E-state index in [1.165, 1.54) is 19.3 Å². The average molecular weight is 399 g/mol. The Balaban J connectivity index is 1.57. The Morgan fingerprint density at radius 2 is 1.79 bits per heavy atom. The number of likely N-dealkylation sites (tertiary alicyclic amines) is 1. The highest BCUT2D eigenvalue weighted by Gasteiger charge is 2.78. The number of nitrogens with one attached hydrogen (secondary N) is 2. The van der Waals surface area contributed by atoms with Gasteiger partial charge in [-0.2, -0.15) is 0 Å². The van der Waals surface area contributed by atoms with Crippen LogP contribution in [0.3, 0.4) is 0 Å². The molecule has 7 nitrogen and oxygen atoms in total. The first-order chi connectivity index (χ1) is 13.9. The molecule has 2 saturated carbocycles. The van der Waals surface area contributed by atoms with E-state index in [1.807, 2.05) is 12.1 Å². The molecule has 2 aliphatic carbocycles. The van der Waals surface area contributed by atoms with Crippen LogP contribution in [0, 0.1) is 11.3 Å². The summed E-state index contributed by atoms with van der Waals surface area (Å²) in [5.74, 6) is -0.0308. The van der Waals surface area contributed by atoms with Gasteiger partial charge in [-0.1, -0.05) is 43.5 Å². The van der Waals surface area contributed by atoms with Crippen LogP contribution >= 0.6 is 0 Å². The second-order valence-corrected chi connectivity index (χ2v) is 9.05. The normalized spacial score (nSPS) is 31.2. The van der Waals surface area contributed by atoms with E-state index >= 15 is 0 Å². The molecular formula is C22H32N5O2+. The molecule has 3 fully saturated rings. The van der Waals surface area contributed by atoms with Crippen LogP contribution in [-0.2, 0) is 16.1 Å². The number of nitrogen functional groups attached to an aromatic ring is 1. The molecular weight excluding hydrogens is 366 g/mol. The van der Waals surface area contributed by atoms with E-state index in [2.05, 4.69) is 5.32 Å². The van der Waals surface area contributed by atoms with Gasteiger partial charge in [0, 0.05) is 35.9 Å². The quantitative estimate of drug-likeness (QED) is 0.315. The molecule has 1 heterocycles. The number of hydrogen-bond donors (Lipinski definition) is 4. The van der Waals surface area contributed by atoms with E-state index in [4.69, 9.17) is 16.9 Å². The van der Waals surface area contributed by atoms with Crippen molar-refractivity contribution in [3.63, 3.8) is 0 Å². The number of benzene rings is 1.